The summed E-state index contributed by atoms with van der Waals surface area (Å²) in [6.45, 7) is 8.12. The van der Waals surface area contributed by atoms with Gasteiger partial charge in [0, 0.05) is 49.5 Å². The standard InChI is InChI=1S/C17H30BrN5O/c1-6-13(3)21-16(24)8-9-20-17(19-7-2)23(5)12-15-10-14(18)11-22(15)4/h10-11,13H,6-9,12H2,1-5H3,(H,19,20)(H,21,24). The summed E-state index contributed by atoms with van der Waals surface area (Å²) in [7, 11) is 4.03. The molecule has 0 fully saturated rings. The van der Waals surface area contributed by atoms with Crippen LogP contribution in [0.1, 0.15) is 39.3 Å². The van der Waals surface area contributed by atoms with Crippen LogP contribution in [0.3, 0.4) is 0 Å². The van der Waals surface area contributed by atoms with Crippen LogP contribution in [-0.4, -0.2) is 47.5 Å². The second-order valence-electron chi connectivity index (χ2n) is 5.98. The van der Waals surface area contributed by atoms with Crippen LogP contribution < -0.4 is 10.6 Å². The maximum atomic E-state index is 11.8. The molecular formula is C17H30BrN5O. The third kappa shape index (κ3) is 6.95. The number of nitrogens with one attached hydrogen (secondary N) is 2. The van der Waals surface area contributed by atoms with Crippen molar-refractivity contribution in [1.82, 2.24) is 20.1 Å². The van der Waals surface area contributed by atoms with Crippen LogP contribution in [0.4, 0.5) is 0 Å². The molecule has 0 aromatic carbocycles. The zero-order valence-electron chi connectivity index (χ0n) is 15.4. The number of amides is 1. The molecular weight excluding hydrogens is 370 g/mol. The summed E-state index contributed by atoms with van der Waals surface area (Å²) >= 11 is 3.49. The molecule has 1 aromatic heterocycles. The van der Waals surface area contributed by atoms with Crippen molar-refractivity contribution in [2.45, 2.75) is 46.2 Å². The fraction of sp³-hybridized carbons (Fsp3) is 0.647. The topological polar surface area (TPSA) is 61.7 Å². The maximum Gasteiger partial charge on any atom is 0.222 e. The molecule has 7 heteroatoms. The SMILES string of the molecule is CCNC(=NCCC(=O)NC(C)CC)N(C)Cc1cc(Br)cn1C. The van der Waals surface area contributed by atoms with Crippen LogP contribution in [0.25, 0.3) is 0 Å². The zero-order valence-corrected chi connectivity index (χ0v) is 17.0. The Kier molecular flexibility index (Phi) is 8.89. The highest BCUT2D eigenvalue weighted by molar-refractivity contribution is 9.10. The second kappa shape index (κ2) is 10.4. The van der Waals surface area contributed by atoms with E-state index >= 15 is 0 Å². The number of carbonyl (C=O) groups is 1. The smallest absolute Gasteiger partial charge is 0.222 e. The van der Waals surface area contributed by atoms with E-state index in [9.17, 15) is 4.79 Å². The Morgan fingerprint density at radius 3 is 2.71 bits per heavy atom. The van der Waals surface area contributed by atoms with Gasteiger partial charge in [0.2, 0.25) is 5.91 Å². The average Bonchev–Trinajstić information content (AvgIpc) is 2.83. The molecule has 0 saturated carbocycles. The van der Waals surface area contributed by atoms with Gasteiger partial charge in [-0.05, 0) is 42.3 Å². The number of hydrogen-bond acceptors (Lipinski definition) is 2. The largest absolute Gasteiger partial charge is 0.357 e. The van der Waals surface area contributed by atoms with Crippen LogP contribution >= 0.6 is 15.9 Å². The minimum atomic E-state index is 0.0537. The lowest BCUT2D eigenvalue weighted by Gasteiger charge is -2.22. The van der Waals surface area contributed by atoms with E-state index in [-0.39, 0.29) is 11.9 Å². The number of aliphatic imine (C=N–C) groups is 1. The molecule has 1 rings (SSSR count). The minimum absolute atomic E-state index is 0.0537. The molecule has 136 valence electrons. The number of halogens is 1. The highest BCUT2D eigenvalue weighted by atomic mass is 79.9. The first kappa shape index (κ1) is 20.5. The highest BCUT2D eigenvalue weighted by Gasteiger charge is 2.10. The van der Waals surface area contributed by atoms with Crippen LogP contribution in [0.15, 0.2) is 21.7 Å². The average molecular weight is 400 g/mol. The van der Waals surface area contributed by atoms with E-state index in [4.69, 9.17) is 0 Å². The van der Waals surface area contributed by atoms with E-state index in [1.165, 1.54) is 5.69 Å². The Balaban J connectivity index is 2.60. The lowest BCUT2D eigenvalue weighted by Crippen LogP contribution is -2.39. The molecule has 0 aliphatic rings. The molecule has 1 aromatic rings. The molecule has 0 aliphatic heterocycles. The molecule has 24 heavy (non-hydrogen) atoms. The maximum absolute atomic E-state index is 11.8. The first-order chi connectivity index (χ1) is 11.4. The summed E-state index contributed by atoms with van der Waals surface area (Å²) in [4.78, 5) is 18.5. The molecule has 0 bridgehead atoms. The van der Waals surface area contributed by atoms with Crippen molar-refractivity contribution in [3.8, 4) is 0 Å². The van der Waals surface area contributed by atoms with Crippen LogP contribution in [0.5, 0.6) is 0 Å². The van der Waals surface area contributed by atoms with Crippen molar-refractivity contribution in [2.24, 2.45) is 12.0 Å². The lowest BCUT2D eigenvalue weighted by molar-refractivity contribution is -0.121. The monoisotopic (exact) mass is 399 g/mol. The molecule has 6 nitrogen and oxygen atoms in total. The Morgan fingerprint density at radius 2 is 2.17 bits per heavy atom. The van der Waals surface area contributed by atoms with Gasteiger partial charge in [0.15, 0.2) is 5.96 Å². The number of nitrogens with zero attached hydrogens (tertiary/aromatic N) is 3. The van der Waals surface area contributed by atoms with Gasteiger partial charge in [-0.2, -0.15) is 0 Å². The Bertz CT molecular complexity index is 555. The molecule has 0 radical (unpaired) electrons. The zero-order chi connectivity index (χ0) is 18.1. The van der Waals surface area contributed by atoms with E-state index in [2.05, 4.69) is 54.0 Å². The van der Waals surface area contributed by atoms with Gasteiger partial charge in [-0.25, -0.2) is 0 Å². The van der Waals surface area contributed by atoms with Crippen LogP contribution in [0.2, 0.25) is 0 Å². The van der Waals surface area contributed by atoms with Gasteiger partial charge in [0.1, 0.15) is 0 Å². The van der Waals surface area contributed by atoms with Gasteiger partial charge >= 0.3 is 0 Å². The third-order valence-electron chi connectivity index (χ3n) is 3.79. The summed E-state index contributed by atoms with van der Waals surface area (Å²) in [5.74, 6) is 0.865. The molecule has 0 spiro atoms. The van der Waals surface area contributed by atoms with E-state index in [0.29, 0.717) is 13.0 Å². The Labute approximate surface area is 153 Å². The molecule has 1 amide bonds. The first-order valence-corrected chi connectivity index (χ1v) is 9.26. The lowest BCUT2D eigenvalue weighted by atomic mass is 10.2. The van der Waals surface area contributed by atoms with Crippen molar-refractivity contribution in [2.75, 3.05) is 20.1 Å². The van der Waals surface area contributed by atoms with Crippen molar-refractivity contribution >= 4 is 27.8 Å². The van der Waals surface area contributed by atoms with E-state index in [1.807, 2.05) is 34.1 Å². The number of carbonyl (C=O) groups excluding carboxylic acids is 1. The van der Waals surface area contributed by atoms with Crippen molar-refractivity contribution in [3.63, 3.8) is 0 Å². The summed E-state index contributed by atoms with van der Waals surface area (Å²) in [5.41, 5.74) is 1.18. The van der Waals surface area contributed by atoms with Crippen molar-refractivity contribution in [1.29, 1.82) is 0 Å². The molecule has 1 unspecified atom stereocenters. The van der Waals surface area contributed by atoms with Gasteiger partial charge in [-0.1, -0.05) is 6.92 Å². The molecule has 1 atom stereocenters. The fourth-order valence-electron chi connectivity index (χ4n) is 2.22. The fourth-order valence-corrected chi connectivity index (χ4v) is 2.79. The predicted octanol–water partition coefficient (Wildman–Crippen LogP) is 2.49. The van der Waals surface area contributed by atoms with Gasteiger partial charge in [-0.3, -0.25) is 9.79 Å². The van der Waals surface area contributed by atoms with Crippen molar-refractivity contribution < 1.29 is 4.79 Å². The molecule has 0 aliphatic carbocycles. The molecule has 2 N–H and O–H groups in total. The van der Waals surface area contributed by atoms with E-state index in [0.717, 1.165) is 29.9 Å². The number of hydrogen-bond donors (Lipinski definition) is 2. The first-order valence-electron chi connectivity index (χ1n) is 8.46. The van der Waals surface area contributed by atoms with Gasteiger partial charge < -0.3 is 20.1 Å². The minimum Gasteiger partial charge on any atom is -0.357 e. The summed E-state index contributed by atoms with van der Waals surface area (Å²) in [6.07, 6.45) is 3.38. The quantitative estimate of drug-likeness (QED) is 0.521. The Hall–Kier alpha value is -1.50. The second-order valence-corrected chi connectivity index (χ2v) is 6.89. The summed E-state index contributed by atoms with van der Waals surface area (Å²) < 4.78 is 3.15. The normalized spacial score (nSPS) is 12.8. The van der Waals surface area contributed by atoms with Crippen molar-refractivity contribution in [3.05, 3.63) is 22.4 Å². The molecule has 0 saturated heterocycles. The predicted molar refractivity (Wildman–Crippen MR) is 103 cm³/mol. The highest BCUT2D eigenvalue weighted by Crippen LogP contribution is 2.14. The number of rotatable bonds is 8. The number of guanidine groups is 1. The van der Waals surface area contributed by atoms with Gasteiger partial charge in [0.25, 0.3) is 0 Å². The Morgan fingerprint density at radius 1 is 1.46 bits per heavy atom. The molecule has 1 heterocycles. The van der Waals surface area contributed by atoms with Gasteiger partial charge in [0.05, 0.1) is 13.1 Å². The third-order valence-corrected chi connectivity index (χ3v) is 4.22. The van der Waals surface area contributed by atoms with Gasteiger partial charge in [-0.15, -0.1) is 0 Å². The van der Waals surface area contributed by atoms with Crippen LogP contribution in [0, 0.1) is 0 Å². The van der Waals surface area contributed by atoms with Crippen LogP contribution in [-0.2, 0) is 18.4 Å². The summed E-state index contributed by atoms with van der Waals surface area (Å²) in [5, 5.41) is 6.24. The summed E-state index contributed by atoms with van der Waals surface area (Å²) in [6, 6.07) is 2.31. The van der Waals surface area contributed by atoms with E-state index < -0.39 is 0 Å². The number of aryl methyl sites for hydroxylation is 1. The number of aromatic nitrogens is 1. The van der Waals surface area contributed by atoms with E-state index in [1.54, 1.807) is 0 Å².